The summed E-state index contributed by atoms with van der Waals surface area (Å²) in [7, 11) is 0. The Balaban J connectivity index is 1.29. The van der Waals surface area contributed by atoms with Gasteiger partial charge in [-0.3, -0.25) is 4.98 Å². The van der Waals surface area contributed by atoms with Gasteiger partial charge in [0.25, 0.3) is 0 Å². The molecule has 0 radical (unpaired) electrons. The lowest BCUT2D eigenvalue weighted by atomic mass is 10.00. The number of H-pyrrole nitrogens is 1. The molecule has 0 bridgehead atoms. The van der Waals surface area contributed by atoms with E-state index in [1.54, 1.807) is 0 Å². The molecule has 0 amide bonds. The fourth-order valence-electron chi connectivity index (χ4n) is 3.69. The van der Waals surface area contributed by atoms with Crippen molar-refractivity contribution in [2.45, 2.75) is 45.1 Å². The van der Waals surface area contributed by atoms with Gasteiger partial charge >= 0.3 is 5.76 Å². The zero-order valence-corrected chi connectivity index (χ0v) is 17.9. The van der Waals surface area contributed by atoms with Gasteiger partial charge < -0.3 is 19.0 Å². The van der Waals surface area contributed by atoms with Crippen molar-refractivity contribution in [3.63, 3.8) is 0 Å². The van der Waals surface area contributed by atoms with E-state index in [-0.39, 0.29) is 11.6 Å². The fraction of sp³-hybridized carbons (Fsp3) is 0.280. The van der Waals surface area contributed by atoms with Gasteiger partial charge in [0.1, 0.15) is 5.76 Å². The second-order valence-electron chi connectivity index (χ2n) is 7.82. The van der Waals surface area contributed by atoms with Gasteiger partial charge in [0.2, 0.25) is 11.8 Å². The minimum Gasteiger partial charge on any atom is -0.492 e. The highest BCUT2D eigenvalue weighted by molar-refractivity contribution is 5.53. The molecule has 0 saturated carbocycles. The number of aromatic hydroxyl groups is 1. The number of aromatic amines is 1. The van der Waals surface area contributed by atoms with Crippen molar-refractivity contribution < 1.29 is 19.0 Å². The van der Waals surface area contributed by atoms with Gasteiger partial charge in [0.15, 0.2) is 5.76 Å². The quantitative estimate of drug-likeness (QED) is 0.358. The third-order valence-electron chi connectivity index (χ3n) is 5.50. The monoisotopic (exact) mass is 434 g/mol. The topological polar surface area (TPSA) is 112 Å². The Morgan fingerprint density at radius 1 is 1.00 bits per heavy atom. The van der Waals surface area contributed by atoms with Gasteiger partial charge in [-0.15, -0.1) is 0 Å². The zero-order valence-electron chi connectivity index (χ0n) is 17.9. The first-order chi connectivity index (χ1) is 15.5. The molecule has 1 atom stereocenters. The summed E-state index contributed by atoms with van der Waals surface area (Å²) in [4.78, 5) is 17.9. The molecular weight excluding hydrogens is 408 g/mol. The molecule has 166 valence electrons. The zero-order chi connectivity index (χ0) is 22.5. The Morgan fingerprint density at radius 3 is 2.44 bits per heavy atom. The maximum absolute atomic E-state index is 11.1. The van der Waals surface area contributed by atoms with Crippen LogP contribution in [0.1, 0.15) is 47.3 Å². The lowest BCUT2D eigenvalue weighted by Crippen LogP contribution is -2.01. The summed E-state index contributed by atoms with van der Waals surface area (Å²) in [5.74, 6) is 0.806. The van der Waals surface area contributed by atoms with Crippen LogP contribution in [0.15, 0.2) is 68.2 Å². The molecular formula is C25H26N2O5. The number of oxazole rings is 2. The van der Waals surface area contributed by atoms with Crippen LogP contribution < -0.4 is 5.76 Å². The van der Waals surface area contributed by atoms with Crippen molar-refractivity contribution in [1.29, 1.82) is 0 Å². The van der Waals surface area contributed by atoms with Gasteiger partial charge in [-0.2, -0.15) is 0 Å². The molecule has 0 fully saturated rings. The number of aromatic nitrogens is 2. The summed E-state index contributed by atoms with van der Waals surface area (Å²) in [6.45, 7) is 1.90. The van der Waals surface area contributed by atoms with Crippen LogP contribution in [0.3, 0.4) is 0 Å². The number of benzene rings is 2. The molecule has 0 saturated heterocycles. The van der Waals surface area contributed by atoms with Gasteiger partial charge in [-0.05, 0) is 55.9 Å². The summed E-state index contributed by atoms with van der Waals surface area (Å²) in [5.41, 5.74) is 3.76. The molecule has 2 heterocycles. The minimum absolute atomic E-state index is 0.202. The summed E-state index contributed by atoms with van der Waals surface area (Å²) < 4.78 is 10.7. The van der Waals surface area contributed by atoms with Crippen molar-refractivity contribution in [2.24, 2.45) is 0 Å². The van der Waals surface area contributed by atoms with Gasteiger partial charge in [-0.1, -0.05) is 42.5 Å². The number of rotatable bonds is 9. The summed E-state index contributed by atoms with van der Waals surface area (Å²) in [5, 5.41) is 20.2. The molecule has 0 spiro atoms. The minimum atomic E-state index is -0.645. The Labute approximate surface area is 185 Å². The SMILES string of the molecule is Cc1oc(-c2ccccc2)nc1CCC(O)c1ccc(CCCc2oc(=O)[nH]c2O)cc1. The molecule has 0 aliphatic carbocycles. The van der Waals surface area contributed by atoms with Crippen LogP contribution in [-0.4, -0.2) is 20.2 Å². The van der Waals surface area contributed by atoms with Crippen molar-refractivity contribution in [3.8, 4) is 17.3 Å². The van der Waals surface area contributed by atoms with Crippen LogP contribution in [0.4, 0.5) is 0 Å². The Bertz CT molecular complexity index is 1210. The molecule has 4 rings (SSSR count). The summed E-state index contributed by atoms with van der Waals surface area (Å²) in [6, 6.07) is 17.6. The van der Waals surface area contributed by atoms with Crippen molar-refractivity contribution in [3.05, 3.63) is 93.5 Å². The van der Waals surface area contributed by atoms with E-state index in [1.165, 1.54) is 0 Å². The van der Waals surface area contributed by atoms with Crippen LogP contribution in [0.2, 0.25) is 0 Å². The van der Waals surface area contributed by atoms with Gasteiger partial charge in [0.05, 0.1) is 11.8 Å². The smallest absolute Gasteiger partial charge is 0.419 e. The van der Waals surface area contributed by atoms with Crippen LogP contribution in [0.5, 0.6) is 5.88 Å². The van der Waals surface area contributed by atoms with Crippen molar-refractivity contribution in [1.82, 2.24) is 9.97 Å². The average molecular weight is 434 g/mol. The molecule has 7 nitrogen and oxygen atoms in total. The van der Waals surface area contributed by atoms with E-state index in [0.717, 1.165) is 41.0 Å². The van der Waals surface area contributed by atoms with E-state index in [2.05, 4.69) is 9.97 Å². The fourth-order valence-corrected chi connectivity index (χ4v) is 3.69. The number of aliphatic hydroxyl groups is 1. The summed E-state index contributed by atoms with van der Waals surface area (Å²) in [6.07, 6.45) is 2.54. The lowest BCUT2D eigenvalue weighted by Gasteiger charge is -2.11. The molecule has 7 heteroatoms. The Morgan fingerprint density at radius 2 is 1.75 bits per heavy atom. The number of hydrogen-bond acceptors (Lipinski definition) is 6. The molecule has 0 aliphatic heterocycles. The van der Waals surface area contributed by atoms with E-state index in [4.69, 9.17) is 8.83 Å². The predicted octanol–water partition coefficient (Wildman–Crippen LogP) is 4.48. The Kier molecular flexibility index (Phi) is 6.56. The van der Waals surface area contributed by atoms with Crippen LogP contribution in [0.25, 0.3) is 11.5 Å². The average Bonchev–Trinajstić information content (AvgIpc) is 3.33. The molecule has 2 aromatic carbocycles. The molecule has 4 aromatic rings. The number of aliphatic hydroxyl groups excluding tert-OH is 1. The molecule has 2 aromatic heterocycles. The molecule has 0 aliphatic rings. The first kappa shape index (κ1) is 21.6. The Hall–Kier alpha value is -3.58. The predicted molar refractivity (Wildman–Crippen MR) is 119 cm³/mol. The summed E-state index contributed by atoms with van der Waals surface area (Å²) >= 11 is 0. The van der Waals surface area contributed by atoms with Gasteiger partial charge in [0, 0.05) is 12.0 Å². The van der Waals surface area contributed by atoms with Crippen LogP contribution in [0, 0.1) is 6.92 Å². The second-order valence-corrected chi connectivity index (χ2v) is 7.82. The third kappa shape index (κ3) is 5.18. The maximum Gasteiger partial charge on any atom is 0.419 e. The number of nitrogens with zero attached hydrogens (tertiary/aromatic N) is 1. The first-order valence-corrected chi connectivity index (χ1v) is 10.7. The first-order valence-electron chi connectivity index (χ1n) is 10.7. The normalized spacial score (nSPS) is 12.2. The number of aryl methyl sites for hydroxylation is 4. The third-order valence-corrected chi connectivity index (χ3v) is 5.50. The van der Waals surface area contributed by atoms with E-state index >= 15 is 0 Å². The second kappa shape index (κ2) is 9.70. The van der Waals surface area contributed by atoms with E-state index < -0.39 is 11.9 Å². The van der Waals surface area contributed by atoms with E-state index in [1.807, 2.05) is 61.5 Å². The highest BCUT2D eigenvalue weighted by atomic mass is 16.4. The maximum atomic E-state index is 11.1. The van der Waals surface area contributed by atoms with Crippen molar-refractivity contribution in [2.75, 3.05) is 0 Å². The number of nitrogens with one attached hydrogen (secondary N) is 1. The van der Waals surface area contributed by atoms with Crippen molar-refractivity contribution >= 4 is 0 Å². The highest BCUT2D eigenvalue weighted by Crippen LogP contribution is 2.25. The van der Waals surface area contributed by atoms with E-state index in [9.17, 15) is 15.0 Å². The van der Waals surface area contributed by atoms with Crippen LogP contribution >= 0.6 is 0 Å². The largest absolute Gasteiger partial charge is 0.492 e. The standard InChI is InChI=1S/C25H26N2O5/c1-16-20(26-24(31-16)19-7-3-2-4-8-19)14-15-21(28)18-12-10-17(11-13-18)6-5-9-22-23(29)27-25(30)32-22/h2-4,7-8,10-13,21,28-29H,5-6,9,14-15H2,1H3,(H,27,30). The lowest BCUT2D eigenvalue weighted by molar-refractivity contribution is 0.167. The van der Waals surface area contributed by atoms with Crippen LogP contribution in [-0.2, 0) is 19.3 Å². The highest BCUT2D eigenvalue weighted by Gasteiger charge is 2.14. The molecule has 1 unspecified atom stereocenters. The number of hydrogen-bond donors (Lipinski definition) is 3. The van der Waals surface area contributed by atoms with E-state index in [0.29, 0.717) is 25.2 Å². The molecule has 32 heavy (non-hydrogen) atoms. The van der Waals surface area contributed by atoms with Gasteiger partial charge in [-0.25, -0.2) is 9.78 Å². The molecule has 3 N–H and O–H groups in total.